The Morgan fingerprint density at radius 1 is 1.38 bits per heavy atom. The van der Waals surface area contributed by atoms with E-state index in [-0.39, 0.29) is 6.42 Å². The second kappa shape index (κ2) is 4.00. The van der Waals surface area contributed by atoms with Gasteiger partial charge >= 0.3 is 5.97 Å². The summed E-state index contributed by atoms with van der Waals surface area (Å²) in [6.07, 6.45) is 0.770. The van der Waals surface area contributed by atoms with Crippen LogP contribution in [0.4, 0.5) is 0 Å². The average molecular weight is 217 g/mol. The van der Waals surface area contributed by atoms with E-state index in [0.717, 1.165) is 22.2 Å². The second-order valence-electron chi connectivity index (χ2n) is 4.17. The molecule has 3 heteroatoms. The van der Waals surface area contributed by atoms with Crippen molar-refractivity contribution in [3.8, 4) is 0 Å². The number of hydrogen-bond acceptors (Lipinski definition) is 1. The Labute approximate surface area is 94.1 Å². The van der Waals surface area contributed by atoms with Crippen LogP contribution in [0, 0.1) is 13.8 Å². The van der Waals surface area contributed by atoms with Crippen LogP contribution in [-0.4, -0.2) is 16.1 Å². The number of hydrogen-bond donors (Lipinski definition) is 2. The smallest absolute Gasteiger partial charge is 0.303 e. The van der Waals surface area contributed by atoms with Crippen molar-refractivity contribution in [3.05, 3.63) is 35.0 Å². The van der Waals surface area contributed by atoms with Gasteiger partial charge in [0, 0.05) is 23.0 Å². The number of aryl methyl sites for hydroxylation is 3. The first-order chi connectivity index (χ1) is 7.58. The van der Waals surface area contributed by atoms with E-state index in [2.05, 4.69) is 23.2 Å². The Kier molecular flexibility index (Phi) is 2.69. The summed E-state index contributed by atoms with van der Waals surface area (Å²) in [5.74, 6) is -0.749. The van der Waals surface area contributed by atoms with Gasteiger partial charge in [0.2, 0.25) is 0 Å². The van der Waals surface area contributed by atoms with E-state index in [9.17, 15) is 4.79 Å². The monoisotopic (exact) mass is 217 g/mol. The van der Waals surface area contributed by atoms with E-state index in [1.54, 1.807) is 0 Å². The fourth-order valence-electron chi connectivity index (χ4n) is 2.06. The summed E-state index contributed by atoms with van der Waals surface area (Å²) < 4.78 is 0. The lowest BCUT2D eigenvalue weighted by Gasteiger charge is -1.99. The molecule has 0 fully saturated rings. The number of benzene rings is 1. The molecule has 2 rings (SSSR count). The standard InChI is InChI=1S/C13H15NO2/c1-8-3-4-11-10(5-6-13(15)16)9(2)14-12(11)7-8/h3-4,7,14H,5-6H2,1-2H3,(H,15,16). The summed E-state index contributed by atoms with van der Waals surface area (Å²) in [6, 6.07) is 6.21. The van der Waals surface area contributed by atoms with Crippen molar-refractivity contribution in [1.82, 2.24) is 4.98 Å². The number of aromatic nitrogens is 1. The van der Waals surface area contributed by atoms with Gasteiger partial charge in [0.1, 0.15) is 0 Å². The van der Waals surface area contributed by atoms with Gasteiger partial charge in [-0.1, -0.05) is 12.1 Å². The van der Waals surface area contributed by atoms with E-state index in [4.69, 9.17) is 5.11 Å². The van der Waals surface area contributed by atoms with E-state index < -0.39 is 5.97 Å². The highest BCUT2D eigenvalue weighted by Crippen LogP contribution is 2.24. The van der Waals surface area contributed by atoms with Crippen molar-refractivity contribution < 1.29 is 9.90 Å². The molecule has 0 bridgehead atoms. The normalized spacial score (nSPS) is 10.9. The largest absolute Gasteiger partial charge is 0.481 e. The molecule has 1 aromatic carbocycles. The van der Waals surface area contributed by atoms with Crippen molar-refractivity contribution >= 4 is 16.9 Å². The van der Waals surface area contributed by atoms with E-state index in [0.29, 0.717) is 6.42 Å². The molecule has 84 valence electrons. The van der Waals surface area contributed by atoms with Crippen LogP contribution in [0.15, 0.2) is 18.2 Å². The van der Waals surface area contributed by atoms with Crippen LogP contribution in [0.3, 0.4) is 0 Å². The lowest BCUT2D eigenvalue weighted by atomic mass is 10.0. The van der Waals surface area contributed by atoms with Gasteiger partial charge in [-0.25, -0.2) is 0 Å². The van der Waals surface area contributed by atoms with Crippen LogP contribution in [0.1, 0.15) is 23.2 Å². The summed E-state index contributed by atoms with van der Waals surface area (Å²) in [7, 11) is 0. The van der Waals surface area contributed by atoms with Crippen LogP contribution < -0.4 is 0 Å². The molecule has 0 unspecified atom stereocenters. The second-order valence-corrected chi connectivity index (χ2v) is 4.17. The van der Waals surface area contributed by atoms with E-state index in [1.165, 1.54) is 5.56 Å². The molecule has 1 aromatic heterocycles. The van der Waals surface area contributed by atoms with Crippen molar-refractivity contribution in [2.45, 2.75) is 26.7 Å². The number of fused-ring (bicyclic) bond motifs is 1. The maximum atomic E-state index is 10.6. The number of carbonyl (C=O) groups is 1. The van der Waals surface area contributed by atoms with Gasteiger partial charge in [0.05, 0.1) is 0 Å². The number of aliphatic carboxylic acids is 1. The van der Waals surface area contributed by atoms with Crippen LogP contribution in [0.5, 0.6) is 0 Å². The number of nitrogens with one attached hydrogen (secondary N) is 1. The van der Waals surface area contributed by atoms with Gasteiger partial charge < -0.3 is 10.1 Å². The highest BCUT2D eigenvalue weighted by Gasteiger charge is 2.09. The van der Waals surface area contributed by atoms with Gasteiger partial charge in [-0.15, -0.1) is 0 Å². The zero-order chi connectivity index (χ0) is 11.7. The Hall–Kier alpha value is -1.77. The Bertz CT molecular complexity index is 540. The molecule has 2 N–H and O–H groups in total. The molecule has 0 atom stereocenters. The highest BCUT2D eigenvalue weighted by molar-refractivity contribution is 5.85. The van der Waals surface area contributed by atoms with Crippen molar-refractivity contribution in [3.63, 3.8) is 0 Å². The lowest BCUT2D eigenvalue weighted by Crippen LogP contribution is -1.97. The fourth-order valence-corrected chi connectivity index (χ4v) is 2.06. The predicted octanol–water partition coefficient (Wildman–Crippen LogP) is 2.80. The molecule has 1 heterocycles. The number of H-pyrrole nitrogens is 1. The van der Waals surface area contributed by atoms with Gasteiger partial charge in [-0.2, -0.15) is 0 Å². The average Bonchev–Trinajstić information content (AvgIpc) is 2.50. The number of carboxylic acid groups (broad SMARTS) is 1. The third-order valence-electron chi connectivity index (χ3n) is 2.86. The maximum Gasteiger partial charge on any atom is 0.303 e. The molecule has 0 aliphatic carbocycles. The van der Waals surface area contributed by atoms with Crippen molar-refractivity contribution in [2.24, 2.45) is 0 Å². The zero-order valence-electron chi connectivity index (χ0n) is 9.50. The van der Waals surface area contributed by atoms with Crippen LogP contribution in [-0.2, 0) is 11.2 Å². The molecule has 16 heavy (non-hydrogen) atoms. The molecule has 0 aliphatic heterocycles. The highest BCUT2D eigenvalue weighted by atomic mass is 16.4. The third-order valence-corrected chi connectivity index (χ3v) is 2.86. The van der Waals surface area contributed by atoms with Gasteiger partial charge in [0.25, 0.3) is 0 Å². The Morgan fingerprint density at radius 3 is 2.81 bits per heavy atom. The van der Waals surface area contributed by atoms with Gasteiger partial charge in [-0.05, 0) is 37.5 Å². The van der Waals surface area contributed by atoms with Crippen LogP contribution in [0.25, 0.3) is 10.9 Å². The first kappa shape index (κ1) is 10.7. The summed E-state index contributed by atoms with van der Waals surface area (Å²) in [6.45, 7) is 4.04. The molecular weight excluding hydrogens is 202 g/mol. The quantitative estimate of drug-likeness (QED) is 0.830. The van der Waals surface area contributed by atoms with Gasteiger partial charge in [0.15, 0.2) is 0 Å². The van der Waals surface area contributed by atoms with E-state index >= 15 is 0 Å². The Balaban J connectivity index is 2.43. The first-order valence-electron chi connectivity index (χ1n) is 5.37. The Morgan fingerprint density at radius 2 is 2.12 bits per heavy atom. The summed E-state index contributed by atoms with van der Waals surface area (Å²) in [5, 5.41) is 9.85. The van der Waals surface area contributed by atoms with Crippen LogP contribution >= 0.6 is 0 Å². The lowest BCUT2D eigenvalue weighted by molar-refractivity contribution is -0.136. The molecular formula is C13H15NO2. The molecule has 0 amide bonds. The maximum absolute atomic E-state index is 10.6. The van der Waals surface area contributed by atoms with E-state index in [1.807, 2.05) is 13.8 Å². The first-order valence-corrected chi connectivity index (χ1v) is 5.37. The minimum absolute atomic E-state index is 0.182. The SMILES string of the molecule is Cc1ccc2c(CCC(=O)O)c(C)[nH]c2c1. The zero-order valence-corrected chi connectivity index (χ0v) is 9.50. The molecule has 0 saturated carbocycles. The predicted molar refractivity (Wildman–Crippen MR) is 63.7 cm³/mol. The molecule has 0 saturated heterocycles. The third kappa shape index (κ3) is 1.94. The molecule has 3 nitrogen and oxygen atoms in total. The molecule has 2 aromatic rings. The molecule has 0 spiro atoms. The fraction of sp³-hybridized carbons (Fsp3) is 0.308. The molecule has 0 aliphatic rings. The minimum atomic E-state index is -0.749. The summed E-state index contributed by atoms with van der Waals surface area (Å²) >= 11 is 0. The minimum Gasteiger partial charge on any atom is -0.481 e. The van der Waals surface area contributed by atoms with Gasteiger partial charge in [-0.3, -0.25) is 4.79 Å². The number of rotatable bonds is 3. The van der Waals surface area contributed by atoms with Crippen LogP contribution in [0.2, 0.25) is 0 Å². The molecule has 0 radical (unpaired) electrons. The summed E-state index contributed by atoms with van der Waals surface area (Å²) in [4.78, 5) is 13.9. The number of carboxylic acids is 1. The summed E-state index contributed by atoms with van der Waals surface area (Å²) in [5.41, 5.74) is 4.50. The number of aromatic amines is 1. The van der Waals surface area contributed by atoms with Crippen molar-refractivity contribution in [1.29, 1.82) is 0 Å². The topological polar surface area (TPSA) is 53.1 Å². The van der Waals surface area contributed by atoms with Crippen molar-refractivity contribution in [2.75, 3.05) is 0 Å².